The Morgan fingerprint density at radius 1 is 1.00 bits per heavy atom. The molecule has 1 aromatic heterocycles. The summed E-state index contributed by atoms with van der Waals surface area (Å²) in [6.07, 6.45) is 3.75. The van der Waals surface area contributed by atoms with E-state index in [9.17, 15) is 9.59 Å². The lowest BCUT2D eigenvalue weighted by Gasteiger charge is -2.36. The smallest absolute Gasteiger partial charge is 0.259 e. The number of halogens is 1. The molecule has 3 heterocycles. The zero-order valence-corrected chi connectivity index (χ0v) is 17.5. The van der Waals surface area contributed by atoms with Crippen LogP contribution in [0.2, 0.25) is 5.02 Å². The molecule has 1 amide bonds. The molecule has 2 aromatic rings. The number of hydrogen-bond donors (Lipinski definition) is 0. The number of rotatable bonds is 3. The molecule has 1 fully saturated rings. The van der Waals surface area contributed by atoms with Gasteiger partial charge in [-0.1, -0.05) is 18.0 Å². The lowest BCUT2D eigenvalue weighted by Crippen LogP contribution is -2.49. The minimum atomic E-state index is -0.0807. The van der Waals surface area contributed by atoms with Crippen LogP contribution in [0.4, 0.5) is 5.69 Å². The summed E-state index contributed by atoms with van der Waals surface area (Å²) in [5.74, 6) is 0.358. The zero-order chi connectivity index (χ0) is 20.4. The van der Waals surface area contributed by atoms with E-state index in [-0.39, 0.29) is 11.5 Å². The molecule has 29 heavy (non-hydrogen) atoms. The average Bonchev–Trinajstić information content (AvgIpc) is 3.00. The van der Waals surface area contributed by atoms with Crippen LogP contribution in [0.5, 0.6) is 5.75 Å². The quantitative estimate of drug-likeness (QED) is 0.772. The number of carbonyl (C=O) groups excluding carboxylic acids is 1. The summed E-state index contributed by atoms with van der Waals surface area (Å²) in [7, 11) is 1.53. The number of anilines is 1. The van der Waals surface area contributed by atoms with Crippen molar-refractivity contribution in [3.05, 3.63) is 57.0 Å². The van der Waals surface area contributed by atoms with Crippen LogP contribution in [-0.4, -0.2) is 48.7 Å². The highest BCUT2D eigenvalue weighted by Crippen LogP contribution is 2.27. The van der Waals surface area contributed by atoms with Crippen molar-refractivity contribution in [3.63, 3.8) is 0 Å². The molecule has 0 radical (unpaired) electrons. The van der Waals surface area contributed by atoms with Crippen LogP contribution in [0.3, 0.4) is 0 Å². The van der Waals surface area contributed by atoms with Gasteiger partial charge in [0.05, 0.1) is 7.11 Å². The van der Waals surface area contributed by atoms with Crippen molar-refractivity contribution < 1.29 is 9.53 Å². The van der Waals surface area contributed by atoms with E-state index in [4.69, 9.17) is 16.3 Å². The molecule has 2 aliphatic heterocycles. The van der Waals surface area contributed by atoms with Crippen LogP contribution in [0.1, 0.15) is 35.3 Å². The number of hydrogen-bond acceptors (Lipinski definition) is 4. The van der Waals surface area contributed by atoms with E-state index in [1.54, 1.807) is 4.57 Å². The topological polar surface area (TPSA) is 54.8 Å². The summed E-state index contributed by atoms with van der Waals surface area (Å²) in [5.41, 5.74) is 2.42. The monoisotopic (exact) mass is 415 g/mol. The largest absolute Gasteiger partial charge is 0.496 e. The molecule has 0 unspecified atom stereocenters. The third kappa shape index (κ3) is 3.99. The fraction of sp³-hybridized carbons (Fsp3) is 0.455. The first-order chi connectivity index (χ1) is 14.1. The predicted molar refractivity (Wildman–Crippen MR) is 114 cm³/mol. The first-order valence-corrected chi connectivity index (χ1v) is 10.6. The Labute approximate surface area is 175 Å². The Bertz CT molecular complexity index is 947. The molecule has 2 aliphatic rings. The summed E-state index contributed by atoms with van der Waals surface area (Å²) >= 11 is 5.98. The van der Waals surface area contributed by atoms with Gasteiger partial charge in [-0.3, -0.25) is 9.59 Å². The number of nitrogens with zero attached hydrogens (tertiary/aromatic N) is 3. The van der Waals surface area contributed by atoms with Gasteiger partial charge in [-0.05, 0) is 43.5 Å². The number of piperazine rings is 1. The maximum Gasteiger partial charge on any atom is 0.259 e. The molecule has 7 heteroatoms. The molecule has 1 saturated heterocycles. The molecule has 1 aromatic carbocycles. The minimum Gasteiger partial charge on any atom is -0.496 e. The highest BCUT2D eigenvalue weighted by molar-refractivity contribution is 6.30. The summed E-state index contributed by atoms with van der Waals surface area (Å²) in [6, 6.07) is 9.25. The van der Waals surface area contributed by atoms with Crippen LogP contribution in [0.15, 0.2) is 35.1 Å². The number of benzene rings is 1. The van der Waals surface area contributed by atoms with Crippen LogP contribution in [0.25, 0.3) is 0 Å². The Kier molecular flexibility index (Phi) is 5.81. The second-order valence-electron chi connectivity index (χ2n) is 7.59. The van der Waals surface area contributed by atoms with Crippen molar-refractivity contribution in [1.29, 1.82) is 0 Å². The second-order valence-corrected chi connectivity index (χ2v) is 8.03. The summed E-state index contributed by atoms with van der Waals surface area (Å²) in [6.45, 7) is 3.43. The standard InChI is InChI=1S/C22H26ClN3O3/c1-29-19-15-20(27)26-10-4-2-3-5-18(26)21(19)22(28)25-13-11-24(12-14-25)17-8-6-16(23)7-9-17/h6-9,15H,2-5,10-14H2,1H3. The summed E-state index contributed by atoms with van der Waals surface area (Å²) in [4.78, 5) is 30.1. The third-order valence-corrected chi connectivity index (χ3v) is 6.12. The molecule has 0 N–H and O–H groups in total. The van der Waals surface area contributed by atoms with Gasteiger partial charge in [-0.2, -0.15) is 0 Å². The van der Waals surface area contributed by atoms with E-state index < -0.39 is 0 Å². The fourth-order valence-electron chi connectivity index (χ4n) is 4.28. The van der Waals surface area contributed by atoms with Gasteiger partial charge in [0.15, 0.2) is 0 Å². The van der Waals surface area contributed by atoms with Crippen molar-refractivity contribution in [3.8, 4) is 5.75 Å². The zero-order valence-electron chi connectivity index (χ0n) is 16.7. The average molecular weight is 416 g/mol. The van der Waals surface area contributed by atoms with Crippen LogP contribution in [-0.2, 0) is 13.0 Å². The third-order valence-electron chi connectivity index (χ3n) is 5.87. The Morgan fingerprint density at radius 2 is 1.72 bits per heavy atom. The van der Waals surface area contributed by atoms with Gasteiger partial charge in [0.1, 0.15) is 11.3 Å². The molecule has 6 nitrogen and oxygen atoms in total. The summed E-state index contributed by atoms with van der Waals surface area (Å²) in [5, 5.41) is 0.717. The Balaban J connectivity index is 1.57. The first kappa shape index (κ1) is 19.8. The van der Waals surface area contributed by atoms with Gasteiger partial charge < -0.3 is 19.1 Å². The molecule has 0 aliphatic carbocycles. The molecule has 0 saturated carbocycles. The molecular formula is C22H26ClN3O3. The van der Waals surface area contributed by atoms with Gasteiger partial charge in [0, 0.05) is 55.2 Å². The predicted octanol–water partition coefficient (Wildman–Crippen LogP) is 3.20. The lowest BCUT2D eigenvalue weighted by atomic mass is 10.1. The Morgan fingerprint density at radius 3 is 2.41 bits per heavy atom. The van der Waals surface area contributed by atoms with Gasteiger partial charge in [-0.25, -0.2) is 0 Å². The van der Waals surface area contributed by atoms with Crippen LogP contribution in [0, 0.1) is 0 Å². The van der Waals surface area contributed by atoms with Gasteiger partial charge in [-0.15, -0.1) is 0 Å². The fourth-order valence-corrected chi connectivity index (χ4v) is 4.41. The number of methoxy groups -OCH3 is 1. The molecule has 0 bridgehead atoms. The van der Waals surface area contributed by atoms with Crippen molar-refractivity contribution in [1.82, 2.24) is 9.47 Å². The van der Waals surface area contributed by atoms with Crippen molar-refractivity contribution >= 4 is 23.2 Å². The highest BCUT2D eigenvalue weighted by Gasteiger charge is 2.29. The van der Waals surface area contributed by atoms with Crippen LogP contribution >= 0.6 is 11.6 Å². The molecule has 154 valence electrons. The van der Waals surface area contributed by atoms with E-state index in [1.165, 1.54) is 13.2 Å². The normalized spacial score (nSPS) is 16.9. The number of fused-ring (bicyclic) bond motifs is 1. The van der Waals surface area contributed by atoms with E-state index in [0.29, 0.717) is 30.9 Å². The SMILES string of the molecule is COc1cc(=O)n2c(c1C(=O)N1CCN(c3ccc(Cl)cc3)CC1)CCCCC2. The maximum atomic E-state index is 13.5. The molecular weight excluding hydrogens is 390 g/mol. The minimum absolute atomic E-state index is 0.0387. The first-order valence-electron chi connectivity index (χ1n) is 10.2. The van der Waals surface area contributed by atoms with Gasteiger partial charge in [0.25, 0.3) is 11.5 Å². The van der Waals surface area contributed by atoms with E-state index in [1.807, 2.05) is 29.2 Å². The van der Waals surface area contributed by atoms with Gasteiger partial charge >= 0.3 is 0 Å². The maximum absolute atomic E-state index is 13.5. The second kappa shape index (κ2) is 8.49. The lowest BCUT2D eigenvalue weighted by molar-refractivity contribution is 0.0741. The number of pyridine rings is 1. The number of carbonyl (C=O) groups is 1. The van der Waals surface area contributed by atoms with E-state index in [0.717, 1.165) is 55.2 Å². The molecule has 0 spiro atoms. The number of amides is 1. The van der Waals surface area contributed by atoms with E-state index >= 15 is 0 Å². The Hall–Kier alpha value is -2.47. The summed E-state index contributed by atoms with van der Waals surface area (Å²) < 4.78 is 7.23. The van der Waals surface area contributed by atoms with Crippen molar-refractivity contribution in [2.24, 2.45) is 0 Å². The number of ether oxygens (including phenoxy) is 1. The van der Waals surface area contributed by atoms with Crippen molar-refractivity contribution in [2.75, 3.05) is 38.2 Å². The van der Waals surface area contributed by atoms with Crippen molar-refractivity contribution in [2.45, 2.75) is 32.2 Å². The molecule has 4 rings (SSSR count). The number of aromatic nitrogens is 1. The van der Waals surface area contributed by atoms with Gasteiger partial charge in [0.2, 0.25) is 0 Å². The van der Waals surface area contributed by atoms with Crippen LogP contribution < -0.4 is 15.2 Å². The van der Waals surface area contributed by atoms with E-state index in [2.05, 4.69) is 4.90 Å². The molecule has 0 atom stereocenters. The highest BCUT2D eigenvalue weighted by atomic mass is 35.5.